The van der Waals surface area contributed by atoms with E-state index in [2.05, 4.69) is 34.2 Å². The van der Waals surface area contributed by atoms with E-state index in [9.17, 15) is 4.39 Å². The van der Waals surface area contributed by atoms with Gasteiger partial charge < -0.3 is 16.0 Å². The Morgan fingerprint density at radius 3 is 2.88 bits per heavy atom. The second-order valence-electron chi connectivity index (χ2n) is 6.41. The van der Waals surface area contributed by atoms with Crippen molar-refractivity contribution in [3.05, 3.63) is 51.7 Å². The molecule has 0 amide bonds. The van der Waals surface area contributed by atoms with E-state index in [-0.39, 0.29) is 11.5 Å². The molecule has 1 fully saturated rings. The SMILES string of the molecule is N#CC1=CC(c2cc(NC3CNC3)c3c(c2)=CCNC=3)CC=C1F. The molecule has 1 aromatic carbocycles. The van der Waals surface area contributed by atoms with E-state index in [0.717, 1.165) is 30.9 Å². The molecule has 0 aromatic heterocycles. The number of rotatable bonds is 3. The Bertz CT molecular complexity index is 887. The Hall–Kier alpha value is -2.58. The maximum absolute atomic E-state index is 13.6. The van der Waals surface area contributed by atoms with Crippen LogP contribution >= 0.6 is 0 Å². The number of nitrogens with one attached hydrogen (secondary N) is 3. The minimum atomic E-state index is -0.408. The molecule has 2 aliphatic heterocycles. The molecule has 3 aliphatic rings. The summed E-state index contributed by atoms with van der Waals surface area (Å²) in [6.45, 7) is 2.73. The maximum atomic E-state index is 13.6. The summed E-state index contributed by atoms with van der Waals surface area (Å²) in [6, 6.07) is 6.69. The van der Waals surface area contributed by atoms with Gasteiger partial charge in [-0.05, 0) is 29.3 Å². The summed E-state index contributed by atoms with van der Waals surface area (Å²) in [5.41, 5.74) is 2.35. The summed E-state index contributed by atoms with van der Waals surface area (Å²) in [6.07, 6.45) is 8.06. The van der Waals surface area contributed by atoms with Crippen LogP contribution in [-0.4, -0.2) is 25.7 Å². The average Bonchev–Trinajstić information content (AvgIpc) is 2.58. The van der Waals surface area contributed by atoms with Crippen molar-refractivity contribution >= 4 is 18.0 Å². The molecule has 1 aromatic rings. The van der Waals surface area contributed by atoms with Gasteiger partial charge in [0.05, 0.1) is 11.6 Å². The van der Waals surface area contributed by atoms with Crippen LogP contribution in [0.25, 0.3) is 12.3 Å². The molecule has 4 nitrogen and oxygen atoms in total. The predicted molar refractivity (Wildman–Crippen MR) is 93.2 cm³/mol. The molecule has 1 unspecified atom stereocenters. The summed E-state index contributed by atoms with van der Waals surface area (Å²) in [7, 11) is 0. The number of hydrogen-bond acceptors (Lipinski definition) is 4. The van der Waals surface area contributed by atoms with Crippen molar-refractivity contribution < 1.29 is 4.39 Å². The normalized spacial score (nSPS) is 22.4. The average molecular weight is 322 g/mol. The number of halogens is 1. The van der Waals surface area contributed by atoms with Gasteiger partial charge in [0.15, 0.2) is 0 Å². The lowest BCUT2D eigenvalue weighted by Gasteiger charge is -2.30. The van der Waals surface area contributed by atoms with Gasteiger partial charge in [0.2, 0.25) is 0 Å². The highest BCUT2D eigenvalue weighted by Crippen LogP contribution is 2.31. The van der Waals surface area contributed by atoms with Crippen molar-refractivity contribution in [2.24, 2.45) is 0 Å². The van der Waals surface area contributed by atoms with Crippen LogP contribution in [-0.2, 0) is 0 Å². The van der Waals surface area contributed by atoms with E-state index in [4.69, 9.17) is 5.26 Å². The van der Waals surface area contributed by atoms with Gasteiger partial charge in [0.1, 0.15) is 11.9 Å². The molecule has 1 saturated heterocycles. The van der Waals surface area contributed by atoms with Gasteiger partial charge in [-0.2, -0.15) is 5.26 Å². The van der Waals surface area contributed by atoms with Crippen LogP contribution in [0.2, 0.25) is 0 Å². The van der Waals surface area contributed by atoms with E-state index >= 15 is 0 Å². The molecule has 4 rings (SSSR count). The third-order valence-electron chi connectivity index (χ3n) is 4.79. The van der Waals surface area contributed by atoms with Crippen molar-refractivity contribution in [2.75, 3.05) is 25.0 Å². The Morgan fingerprint density at radius 1 is 1.25 bits per heavy atom. The number of anilines is 1. The second kappa shape index (κ2) is 6.14. The van der Waals surface area contributed by atoms with Crippen molar-refractivity contribution in [1.82, 2.24) is 10.6 Å². The Kier molecular flexibility index (Phi) is 3.83. The molecule has 0 spiro atoms. The summed E-state index contributed by atoms with van der Waals surface area (Å²) in [5.74, 6) is -0.373. The summed E-state index contributed by atoms with van der Waals surface area (Å²) in [4.78, 5) is 0. The van der Waals surface area contributed by atoms with Gasteiger partial charge in [0, 0.05) is 42.7 Å². The molecule has 122 valence electrons. The molecule has 0 bridgehead atoms. The minimum Gasteiger partial charge on any atom is -0.387 e. The fourth-order valence-electron chi connectivity index (χ4n) is 3.32. The Morgan fingerprint density at radius 2 is 2.12 bits per heavy atom. The zero-order chi connectivity index (χ0) is 16.5. The lowest BCUT2D eigenvalue weighted by Crippen LogP contribution is -2.52. The molecular weight excluding hydrogens is 303 g/mol. The molecule has 0 saturated carbocycles. The third-order valence-corrected chi connectivity index (χ3v) is 4.79. The zero-order valence-electron chi connectivity index (χ0n) is 13.3. The highest BCUT2D eigenvalue weighted by Gasteiger charge is 2.20. The monoisotopic (exact) mass is 322 g/mol. The first kappa shape index (κ1) is 15.0. The van der Waals surface area contributed by atoms with Crippen LogP contribution in [0.1, 0.15) is 17.9 Å². The van der Waals surface area contributed by atoms with Crippen molar-refractivity contribution in [3.63, 3.8) is 0 Å². The van der Waals surface area contributed by atoms with Crippen molar-refractivity contribution in [2.45, 2.75) is 18.4 Å². The van der Waals surface area contributed by atoms with Gasteiger partial charge in [-0.3, -0.25) is 0 Å². The zero-order valence-corrected chi connectivity index (χ0v) is 13.3. The van der Waals surface area contributed by atoms with Crippen LogP contribution < -0.4 is 26.4 Å². The lowest BCUT2D eigenvalue weighted by atomic mass is 9.88. The molecule has 1 aliphatic carbocycles. The van der Waals surface area contributed by atoms with Crippen molar-refractivity contribution in [1.29, 1.82) is 5.26 Å². The van der Waals surface area contributed by atoms with E-state index in [1.165, 1.54) is 16.5 Å². The number of fused-ring (bicyclic) bond motifs is 1. The first-order valence-corrected chi connectivity index (χ1v) is 8.27. The number of benzene rings is 1. The van der Waals surface area contributed by atoms with Crippen LogP contribution in [0, 0.1) is 11.3 Å². The van der Waals surface area contributed by atoms with Crippen LogP contribution in [0.5, 0.6) is 0 Å². The highest BCUT2D eigenvalue weighted by atomic mass is 19.1. The molecule has 24 heavy (non-hydrogen) atoms. The maximum Gasteiger partial charge on any atom is 0.136 e. The summed E-state index contributed by atoms with van der Waals surface area (Å²) >= 11 is 0. The highest BCUT2D eigenvalue weighted by molar-refractivity contribution is 5.57. The largest absolute Gasteiger partial charge is 0.387 e. The Labute approximate surface area is 140 Å². The number of nitriles is 1. The fourth-order valence-corrected chi connectivity index (χ4v) is 3.32. The van der Waals surface area contributed by atoms with Gasteiger partial charge in [0.25, 0.3) is 0 Å². The predicted octanol–water partition coefficient (Wildman–Crippen LogP) is 0.983. The van der Waals surface area contributed by atoms with Crippen LogP contribution in [0.15, 0.2) is 35.7 Å². The summed E-state index contributed by atoms with van der Waals surface area (Å²) < 4.78 is 13.6. The summed E-state index contributed by atoms with van der Waals surface area (Å²) in [5, 5.41) is 21.6. The molecule has 1 atom stereocenters. The van der Waals surface area contributed by atoms with Crippen LogP contribution in [0.3, 0.4) is 0 Å². The van der Waals surface area contributed by atoms with Crippen molar-refractivity contribution in [3.8, 4) is 6.07 Å². The number of nitrogens with zero attached hydrogens (tertiary/aromatic N) is 1. The van der Waals surface area contributed by atoms with Gasteiger partial charge >= 0.3 is 0 Å². The first-order chi connectivity index (χ1) is 11.7. The molecular formula is C19H19FN4. The number of hydrogen-bond donors (Lipinski definition) is 3. The molecule has 2 heterocycles. The van der Waals surface area contributed by atoms with Gasteiger partial charge in [-0.25, -0.2) is 4.39 Å². The molecule has 3 N–H and O–H groups in total. The third kappa shape index (κ3) is 2.70. The van der Waals surface area contributed by atoms with E-state index in [1.54, 1.807) is 6.08 Å². The molecule has 5 heteroatoms. The smallest absolute Gasteiger partial charge is 0.136 e. The van der Waals surface area contributed by atoms with Crippen LogP contribution in [0.4, 0.5) is 10.1 Å². The standard InChI is InChI=1S/C19H19FN4/c20-18-2-1-12(5-15(18)8-21)14-6-13-3-4-22-11-17(13)19(7-14)24-16-9-23-10-16/h2-3,5-7,11-12,16,22-24H,1,4,9-10H2. The van der Waals surface area contributed by atoms with Gasteiger partial charge in [-0.1, -0.05) is 18.2 Å². The van der Waals surface area contributed by atoms with E-state index in [1.807, 2.05) is 12.3 Å². The van der Waals surface area contributed by atoms with E-state index in [0.29, 0.717) is 12.5 Å². The van der Waals surface area contributed by atoms with E-state index < -0.39 is 5.83 Å². The first-order valence-electron chi connectivity index (χ1n) is 8.27. The second-order valence-corrected chi connectivity index (χ2v) is 6.41. The minimum absolute atomic E-state index is 0.0350. The van der Waals surface area contributed by atoms with Gasteiger partial charge in [-0.15, -0.1) is 0 Å². The molecule has 0 radical (unpaired) electrons. The number of allylic oxidation sites excluding steroid dienone is 4. The topological polar surface area (TPSA) is 59.9 Å². The fraction of sp³-hybridized carbons (Fsp3) is 0.316. The lowest BCUT2D eigenvalue weighted by molar-refractivity contribution is 0.472. The Balaban J connectivity index is 1.76. The quantitative estimate of drug-likeness (QED) is 0.776.